The number of aromatic nitrogens is 3. The van der Waals surface area contributed by atoms with E-state index in [4.69, 9.17) is 0 Å². The molecule has 4 heteroatoms. The minimum Gasteiger partial charge on any atom is -0.434 e. The first-order chi connectivity index (χ1) is 7.43. The Balaban J connectivity index is 0.000000963. The van der Waals surface area contributed by atoms with Crippen LogP contribution in [-0.2, 0) is 0 Å². The van der Waals surface area contributed by atoms with Crippen molar-refractivity contribution in [3.63, 3.8) is 0 Å². The Labute approximate surface area is 136 Å². The summed E-state index contributed by atoms with van der Waals surface area (Å²) in [6.45, 7) is 0. The summed E-state index contributed by atoms with van der Waals surface area (Å²) in [7, 11) is 0. The van der Waals surface area contributed by atoms with E-state index in [1.54, 1.807) is 6.20 Å². The Morgan fingerprint density at radius 1 is 0.938 bits per heavy atom. The molecule has 0 bridgehead atoms. The Bertz CT molecular complexity index is 556. The van der Waals surface area contributed by atoms with Crippen LogP contribution in [0.25, 0.3) is 22.6 Å². The van der Waals surface area contributed by atoms with Gasteiger partial charge in [-0.15, -0.1) is 0 Å². The first-order valence-corrected chi connectivity index (χ1v) is 4.74. The number of imidazole rings is 1. The first kappa shape index (κ1) is 11.9. The van der Waals surface area contributed by atoms with Gasteiger partial charge < -0.3 is 9.97 Å². The molecule has 0 aliphatic carbocycles. The fourth-order valence-corrected chi connectivity index (χ4v) is 1.52. The van der Waals surface area contributed by atoms with Gasteiger partial charge in [0.05, 0.1) is 5.69 Å². The van der Waals surface area contributed by atoms with Gasteiger partial charge in [0, 0.05) is 6.20 Å². The van der Waals surface area contributed by atoms with Gasteiger partial charge in [0.25, 0.3) is 0 Å². The molecule has 0 spiro atoms. The van der Waals surface area contributed by atoms with Crippen molar-refractivity contribution in [2.75, 3.05) is 0 Å². The maximum atomic E-state index is 4.41. The number of pyridine rings is 1. The van der Waals surface area contributed by atoms with E-state index in [2.05, 4.69) is 15.0 Å². The standard InChI is InChI=1S/C12H8N3.K/c1-2-6-10-9(5-1)14-12(15-10)11-7-3-4-8-13-11;/h1-8H;/q-1;+1. The van der Waals surface area contributed by atoms with Crippen molar-refractivity contribution in [3.8, 4) is 11.5 Å². The third-order valence-corrected chi connectivity index (χ3v) is 2.23. The molecule has 16 heavy (non-hydrogen) atoms. The van der Waals surface area contributed by atoms with Gasteiger partial charge >= 0.3 is 51.4 Å². The normalized spacial score (nSPS) is 10.0. The molecule has 0 unspecified atom stereocenters. The number of fused-ring (bicyclic) bond motifs is 1. The maximum Gasteiger partial charge on any atom is 1.00 e. The number of nitrogens with zero attached hydrogens (tertiary/aromatic N) is 3. The molecule has 0 aliphatic rings. The van der Waals surface area contributed by atoms with Crippen LogP contribution in [0.3, 0.4) is 0 Å². The van der Waals surface area contributed by atoms with Crippen molar-refractivity contribution >= 4 is 11.0 Å². The average Bonchev–Trinajstić information content (AvgIpc) is 2.74. The molecule has 1 aromatic carbocycles. The second-order valence-electron chi connectivity index (χ2n) is 3.25. The van der Waals surface area contributed by atoms with E-state index < -0.39 is 0 Å². The second kappa shape index (κ2) is 5.20. The van der Waals surface area contributed by atoms with E-state index in [1.165, 1.54) is 0 Å². The molecule has 0 N–H and O–H groups in total. The van der Waals surface area contributed by atoms with E-state index in [0.717, 1.165) is 16.7 Å². The fourth-order valence-electron chi connectivity index (χ4n) is 1.52. The number of rotatable bonds is 1. The summed E-state index contributed by atoms with van der Waals surface area (Å²) in [6.07, 6.45) is 1.75. The van der Waals surface area contributed by atoms with E-state index in [-0.39, 0.29) is 51.4 Å². The molecular formula is C12H8KN3. The zero-order valence-electron chi connectivity index (χ0n) is 8.96. The summed E-state index contributed by atoms with van der Waals surface area (Å²) in [5, 5.41) is 0. The molecule has 2 aromatic heterocycles. The quantitative estimate of drug-likeness (QED) is 0.520. The van der Waals surface area contributed by atoms with Crippen molar-refractivity contribution < 1.29 is 51.4 Å². The van der Waals surface area contributed by atoms with Gasteiger partial charge in [0.15, 0.2) is 0 Å². The summed E-state index contributed by atoms with van der Waals surface area (Å²) in [6, 6.07) is 13.5. The number of benzene rings is 1. The zero-order chi connectivity index (χ0) is 10.1. The van der Waals surface area contributed by atoms with Gasteiger partial charge in [0.2, 0.25) is 0 Å². The van der Waals surface area contributed by atoms with Gasteiger partial charge in [-0.1, -0.05) is 30.3 Å². The van der Waals surface area contributed by atoms with Crippen molar-refractivity contribution in [2.45, 2.75) is 0 Å². The molecule has 0 atom stereocenters. The van der Waals surface area contributed by atoms with E-state index in [0.29, 0.717) is 5.82 Å². The predicted octanol–water partition coefficient (Wildman–Crippen LogP) is -0.742. The Morgan fingerprint density at radius 2 is 1.75 bits per heavy atom. The van der Waals surface area contributed by atoms with Crippen LogP contribution in [0.5, 0.6) is 0 Å². The smallest absolute Gasteiger partial charge is 0.434 e. The van der Waals surface area contributed by atoms with Gasteiger partial charge in [0.1, 0.15) is 0 Å². The molecule has 72 valence electrons. The van der Waals surface area contributed by atoms with Crippen LogP contribution >= 0.6 is 0 Å². The Kier molecular flexibility index (Phi) is 3.89. The fraction of sp³-hybridized carbons (Fsp3) is 0. The topological polar surface area (TPSA) is 39.9 Å². The third kappa shape index (κ3) is 2.26. The predicted molar refractivity (Wildman–Crippen MR) is 58.3 cm³/mol. The Hall–Kier alpha value is -0.524. The Morgan fingerprint density at radius 3 is 2.50 bits per heavy atom. The van der Waals surface area contributed by atoms with Gasteiger partial charge in [-0.2, -0.15) is 0 Å². The maximum absolute atomic E-state index is 4.41. The van der Waals surface area contributed by atoms with Crippen molar-refractivity contribution in [1.29, 1.82) is 0 Å². The summed E-state index contributed by atoms with van der Waals surface area (Å²) < 4.78 is 0. The van der Waals surface area contributed by atoms with Crippen LogP contribution in [0.15, 0.2) is 48.7 Å². The van der Waals surface area contributed by atoms with Crippen LogP contribution in [0.4, 0.5) is 0 Å². The first-order valence-electron chi connectivity index (χ1n) is 4.74. The SMILES string of the molecule is [K+].c1ccc(-c2nc3ccccc3[n-]2)nc1. The minimum atomic E-state index is 0. The van der Waals surface area contributed by atoms with Crippen molar-refractivity contribution in [2.24, 2.45) is 0 Å². The molecule has 3 rings (SSSR count). The molecule has 0 fully saturated rings. The van der Waals surface area contributed by atoms with Crippen LogP contribution in [0, 0.1) is 0 Å². The third-order valence-electron chi connectivity index (χ3n) is 2.23. The molecule has 3 nitrogen and oxygen atoms in total. The van der Waals surface area contributed by atoms with Gasteiger partial charge in [-0.3, -0.25) is 4.98 Å². The molecular weight excluding hydrogens is 225 g/mol. The molecule has 0 amide bonds. The molecule has 3 aromatic rings. The molecule has 0 aliphatic heterocycles. The monoisotopic (exact) mass is 233 g/mol. The second-order valence-corrected chi connectivity index (χ2v) is 3.25. The molecule has 0 saturated carbocycles. The van der Waals surface area contributed by atoms with Crippen molar-refractivity contribution in [3.05, 3.63) is 48.7 Å². The van der Waals surface area contributed by atoms with E-state index >= 15 is 0 Å². The summed E-state index contributed by atoms with van der Waals surface area (Å²) >= 11 is 0. The van der Waals surface area contributed by atoms with Crippen LogP contribution in [0.2, 0.25) is 0 Å². The summed E-state index contributed by atoms with van der Waals surface area (Å²) in [4.78, 5) is 13.0. The average molecular weight is 233 g/mol. The van der Waals surface area contributed by atoms with Crippen LogP contribution in [-0.4, -0.2) is 9.97 Å². The van der Waals surface area contributed by atoms with E-state index in [9.17, 15) is 0 Å². The zero-order valence-corrected chi connectivity index (χ0v) is 12.1. The van der Waals surface area contributed by atoms with Crippen LogP contribution < -0.4 is 56.4 Å². The molecule has 0 saturated heterocycles. The number of hydrogen-bond acceptors (Lipinski definition) is 2. The van der Waals surface area contributed by atoms with Gasteiger partial charge in [-0.25, -0.2) is 0 Å². The molecule has 2 heterocycles. The van der Waals surface area contributed by atoms with Crippen LogP contribution in [0.1, 0.15) is 0 Å². The minimum absolute atomic E-state index is 0. The van der Waals surface area contributed by atoms with Gasteiger partial charge in [-0.05, 0) is 29.0 Å². The van der Waals surface area contributed by atoms with Crippen molar-refractivity contribution in [1.82, 2.24) is 15.0 Å². The molecule has 0 radical (unpaired) electrons. The summed E-state index contributed by atoms with van der Waals surface area (Å²) in [5.74, 6) is 0.691. The number of hydrogen-bond donors (Lipinski definition) is 0. The number of para-hydroxylation sites is 2. The summed E-state index contributed by atoms with van der Waals surface area (Å²) in [5.41, 5.74) is 2.64. The van der Waals surface area contributed by atoms with E-state index in [1.807, 2.05) is 42.5 Å². The largest absolute Gasteiger partial charge is 1.00 e.